The third-order valence-corrected chi connectivity index (χ3v) is 4.53. The van der Waals surface area contributed by atoms with Crippen molar-refractivity contribution in [2.75, 3.05) is 6.61 Å². The Hall–Kier alpha value is -2.34. The zero-order chi connectivity index (χ0) is 18.2. The topological polar surface area (TPSA) is 67.4 Å². The van der Waals surface area contributed by atoms with Gasteiger partial charge in [-0.1, -0.05) is 32.0 Å². The number of hydrogen-bond donors (Lipinski definition) is 2. The van der Waals surface area contributed by atoms with Crippen molar-refractivity contribution < 1.29 is 14.3 Å². The summed E-state index contributed by atoms with van der Waals surface area (Å²) in [7, 11) is 0. The fourth-order valence-corrected chi connectivity index (χ4v) is 2.99. The molecule has 0 fully saturated rings. The minimum absolute atomic E-state index is 0.0151. The van der Waals surface area contributed by atoms with Gasteiger partial charge >= 0.3 is 0 Å². The first-order valence-electron chi connectivity index (χ1n) is 8.35. The van der Waals surface area contributed by atoms with Crippen LogP contribution in [0.15, 0.2) is 41.8 Å². The van der Waals surface area contributed by atoms with Crippen LogP contribution >= 0.6 is 11.3 Å². The van der Waals surface area contributed by atoms with Gasteiger partial charge < -0.3 is 15.4 Å². The van der Waals surface area contributed by atoms with Crippen molar-refractivity contribution in [2.45, 2.75) is 33.4 Å². The summed E-state index contributed by atoms with van der Waals surface area (Å²) < 4.78 is 5.46. The summed E-state index contributed by atoms with van der Waals surface area (Å²) in [5.74, 6) is 0.350. The summed E-state index contributed by atoms with van der Waals surface area (Å²) in [5, 5.41) is 7.55. The number of nitrogens with one attached hydrogen (secondary N) is 2. The highest BCUT2D eigenvalue weighted by Crippen LogP contribution is 2.14. The largest absolute Gasteiger partial charge is 0.494 e. The Kier molecular flexibility index (Phi) is 7.01. The number of hydrogen-bond acceptors (Lipinski definition) is 4. The third-order valence-electron chi connectivity index (χ3n) is 3.66. The molecular formula is C19H24N2O3S. The summed E-state index contributed by atoms with van der Waals surface area (Å²) in [6, 6.07) is 10.6. The molecule has 2 rings (SSSR count). The van der Waals surface area contributed by atoms with E-state index in [1.165, 1.54) is 11.3 Å². The summed E-state index contributed by atoms with van der Waals surface area (Å²) in [6.45, 7) is 6.74. The van der Waals surface area contributed by atoms with E-state index < -0.39 is 6.04 Å². The number of amides is 2. The van der Waals surface area contributed by atoms with E-state index in [2.05, 4.69) is 10.6 Å². The maximum atomic E-state index is 12.5. The van der Waals surface area contributed by atoms with E-state index in [4.69, 9.17) is 4.74 Å². The second-order valence-corrected chi connectivity index (χ2v) is 6.92. The van der Waals surface area contributed by atoms with Crippen molar-refractivity contribution in [1.82, 2.24) is 10.6 Å². The Morgan fingerprint density at radius 2 is 2.00 bits per heavy atom. The van der Waals surface area contributed by atoms with Crippen LogP contribution in [0.5, 0.6) is 5.75 Å². The Balaban J connectivity index is 1.96. The van der Waals surface area contributed by atoms with Crippen molar-refractivity contribution in [3.8, 4) is 5.75 Å². The molecule has 1 aromatic heterocycles. The van der Waals surface area contributed by atoms with Crippen LogP contribution in [0.25, 0.3) is 0 Å². The molecule has 134 valence electrons. The molecule has 0 saturated heterocycles. The number of thiophene rings is 1. The van der Waals surface area contributed by atoms with Gasteiger partial charge in [0.15, 0.2) is 0 Å². The molecule has 0 spiro atoms. The zero-order valence-corrected chi connectivity index (χ0v) is 15.6. The van der Waals surface area contributed by atoms with Crippen LogP contribution in [0.2, 0.25) is 0 Å². The van der Waals surface area contributed by atoms with Gasteiger partial charge in [0.25, 0.3) is 5.91 Å². The highest BCUT2D eigenvalue weighted by atomic mass is 32.1. The van der Waals surface area contributed by atoms with Gasteiger partial charge in [0.2, 0.25) is 5.91 Å². The highest BCUT2D eigenvalue weighted by molar-refractivity contribution is 7.12. The average molecular weight is 360 g/mol. The number of carbonyl (C=O) groups excluding carboxylic acids is 2. The van der Waals surface area contributed by atoms with Gasteiger partial charge in [0.05, 0.1) is 11.5 Å². The van der Waals surface area contributed by atoms with Gasteiger partial charge in [0, 0.05) is 6.54 Å². The SMILES string of the molecule is CCOc1cccc(CNC(=O)C(NC(=O)c2cccs2)C(C)C)c1. The van der Waals surface area contributed by atoms with E-state index in [1.807, 2.05) is 56.5 Å². The molecule has 1 unspecified atom stereocenters. The quantitative estimate of drug-likeness (QED) is 0.759. The van der Waals surface area contributed by atoms with Crippen molar-refractivity contribution in [3.63, 3.8) is 0 Å². The fourth-order valence-electron chi connectivity index (χ4n) is 2.37. The lowest BCUT2D eigenvalue weighted by atomic mass is 10.0. The summed E-state index contributed by atoms with van der Waals surface area (Å²) in [6.07, 6.45) is 0. The predicted octanol–water partition coefficient (Wildman–Crippen LogP) is 3.22. The lowest BCUT2D eigenvalue weighted by Gasteiger charge is -2.21. The van der Waals surface area contributed by atoms with Crippen LogP contribution in [-0.2, 0) is 11.3 Å². The van der Waals surface area contributed by atoms with Crippen molar-refractivity contribution in [2.24, 2.45) is 5.92 Å². The van der Waals surface area contributed by atoms with Crippen molar-refractivity contribution in [3.05, 3.63) is 52.2 Å². The van der Waals surface area contributed by atoms with Gasteiger partial charge in [0.1, 0.15) is 11.8 Å². The Morgan fingerprint density at radius 1 is 1.20 bits per heavy atom. The van der Waals surface area contributed by atoms with Gasteiger partial charge in [-0.3, -0.25) is 9.59 Å². The van der Waals surface area contributed by atoms with Crippen LogP contribution in [-0.4, -0.2) is 24.5 Å². The third kappa shape index (κ3) is 5.60. The van der Waals surface area contributed by atoms with Gasteiger partial charge in [-0.15, -0.1) is 11.3 Å². The number of rotatable bonds is 8. The normalized spacial score (nSPS) is 11.8. The van der Waals surface area contributed by atoms with Gasteiger partial charge in [-0.25, -0.2) is 0 Å². The first-order valence-corrected chi connectivity index (χ1v) is 9.23. The number of carbonyl (C=O) groups is 2. The summed E-state index contributed by atoms with van der Waals surface area (Å²) >= 11 is 1.36. The van der Waals surface area contributed by atoms with Crippen LogP contribution in [0.4, 0.5) is 0 Å². The van der Waals surface area contributed by atoms with Gasteiger partial charge in [-0.05, 0) is 42.0 Å². The molecule has 0 saturated carbocycles. The van der Waals surface area contributed by atoms with E-state index >= 15 is 0 Å². The molecule has 1 heterocycles. The number of benzene rings is 1. The molecule has 2 amide bonds. The Bertz CT molecular complexity index is 698. The molecule has 0 aliphatic carbocycles. The first kappa shape index (κ1) is 19.0. The van der Waals surface area contributed by atoms with Crippen LogP contribution < -0.4 is 15.4 Å². The summed E-state index contributed by atoms with van der Waals surface area (Å²) in [4.78, 5) is 25.3. The van der Waals surface area contributed by atoms with E-state index in [0.29, 0.717) is 18.0 Å². The molecule has 0 aliphatic heterocycles. The minimum atomic E-state index is -0.579. The lowest BCUT2D eigenvalue weighted by Crippen LogP contribution is -2.49. The molecule has 6 heteroatoms. The molecule has 25 heavy (non-hydrogen) atoms. The van der Waals surface area contributed by atoms with E-state index in [0.717, 1.165) is 11.3 Å². The molecule has 5 nitrogen and oxygen atoms in total. The summed E-state index contributed by atoms with van der Waals surface area (Å²) in [5.41, 5.74) is 0.950. The Labute approximate surface area is 152 Å². The van der Waals surface area contributed by atoms with Crippen LogP contribution in [0, 0.1) is 5.92 Å². The molecule has 0 radical (unpaired) electrons. The van der Waals surface area contributed by atoms with Crippen LogP contribution in [0.1, 0.15) is 36.0 Å². The predicted molar refractivity (Wildman–Crippen MR) is 99.9 cm³/mol. The molecule has 2 N–H and O–H groups in total. The minimum Gasteiger partial charge on any atom is -0.494 e. The second-order valence-electron chi connectivity index (χ2n) is 5.97. The smallest absolute Gasteiger partial charge is 0.262 e. The second kappa shape index (κ2) is 9.22. The van der Waals surface area contributed by atoms with E-state index in [1.54, 1.807) is 6.07 Å². The highest BCUT2D eigenvalue weighted by Gasteiger charge is 2.24. The van der Waals surface area contributed by atoms with E-state index in [-0.39, 0.29) is 17.7 Å². The maximum Gasteiger partial charge on any atom is 0.262 e. The fraction of sp³-hybridized carbons (Fsp3) is 0.368. The molecule has 2 aromatic rings. The van der Waals surface area contributed by atoms with E-state index in [9.17, 15) is 9.59 Å². The lowest BCUT2D eigenvalue weighted by molar-refractivity contribution is -0.124. The monoisotopic (exact) mass is 360 g/mol. The molecule has 0 bridgehead atoms. The standard InChI is InChI=1S/C19H24N2O3S/c1-4-24-15-8-5-7-14(11-15)12-20-19(23)17(13(2)3)21-18(22)16-9-6-10-25-16/h5-11,13,17H,4,12H2,1-3H3,(H,20,23)(H,21,22). The molecule has 0 aliphatic rings. The maximum absolute atomic E-state index is 12.5. The number of ether oxygens (including phenoxy) is 1. The molecular weight excluding hydrogens is 336 g/mol. The van der Waals surface area contributed by atoms with Gasteiger partial charge in [-0.2, -0.15) is 0 Å². The first-order chi connectivity index (χ1) is 12.0. The molecule has 1 atom stereocenters. The van der Waals surface area contributed by atoms with Crippen molar-refractivity contribution in [1.29, 1.82) is 0 Å². The zero-order valence-electron chi connectivity index (χ0n) is 14.7. The molecule has 1 aromatic carbocycles. The Morgan fingerprint density at radius 3 is 2.64 bits per heavy atom. The van der Waals surface area contributed by atoms with Crippen LogP contribution in [0.3, 0.4) is 0 Å². The van der Waals surface area contributed by atoms with Crippen molar-refractivity contribution >= 4 is 23.2 Å². The average Bonchev–Trinajstić information content (AvgIpc) is 3.12.